The molecule has 0 spiro atoms. The minimum Gasteiger partial charge on any atom is -0.462 e. The van der Waals surface area contributed by atoms with E-state index in [9.17, 15) is 23.8 Å². The summed E-state index contributed by atoms with van der Waals surface area (Å²) in [5, 5.41) is 2.66. The summed E-state index contributed by atoms with van der Waals surface area (Å²) in [5.41, 5.74) is 0. The molecule has 0 aliphatic carbocycles. The second-order valence-electron chi connectivity index (χ2n) is 15.9. The molecular formula is C47H88NO9P. The van der Waals surface area contributed by atoms with Crippen molar-refractivity contribution in [3.05, 3.63) is 24.3 Å². The highest BCUT2D eigenvalue weighted by molar-refractivity contribution is 7.47. The topological polar surface area (TPSA) is 137 Å². The average molecular weight is 842 g/mol. The maximum absolute atomic E-state index is 12.7. The van der Waals surface area contributed by atoms with Crippen molar-refractivity contribution in [2.24, 2.45) is 0 Å². The molecule has 2 unspecified atom stereocenters. The van der Waals surface area contributed by atoms with E-state index in [-0.39, 0.29) is 38.5 Å². The van der Waals surface area contributed by atoms with Gasteiger partial charge in [-0.3, -0.25) is 23.4 Å². The lowest BCUT2D eigenvalue weighted by molar-refractivity contribution is -0.161. The Balaban J connectivity index is 4.50. The second kappa shape index (κ2) is 43.1. The molecule has 340 valence electrons. The van der Waals surface area contributed by atoms with E-state index in [1.807, 2.05) is 0 Å². The number of ether oxygens (including phenoxy) is 2. The number of phosphoric acid groups is 1. The van der Waals surface area contributed by atoms with Crippen LogP contribution in [0.4, 0.5) is 0 Å². The highest BCUT2D eigenvalue weighted by atomic mass is 31.2. The molecule has 0 bridgehead atoms. The Morgan fingerprint density at radius 1 is 0.517 bits per heavy atom. The van der Waals surface area contributed by atoms with Crippen molar-refractivity contribution in [2.75, 3.05) is 26.4 Å². The number of unbranched alkanes of at least 4 members (excludes halogenated alkanes) is 24. The second-order valence-corrected chi connectivity index (χ2v) is 17.3. The van der Waals surface area contributed by atoms with Gasteiger partial charge in [0, 0.05) is 25.8 Å². The zero-order valence-corrected chi connectivity index (χ0v) is 38.4. The zero-order chi connectivity index (χ0) is 42.6. The summed E-state index contributed by atoms with van der Waals surface area (Å²) in [4.78, 5) is 47.3. The van der Waals surface area contributed by atoms with Crippen molar-refractivity contribution in [3.8, 4) is 0 Å². The van der Waals surface area contributed by atoms with E-state index in [4.69, 9.17) is 18.5 Å². The molecule has 2 N–H and O–H groups in total. The van der Waals surface area contributed by atoms with Crippen molar-refractivity contribution in [1.29, 1.82) is 0 Å². The van der Waals surface area contributed by atoms with Gasteiger partial charge in [0.25, 0.3) is 0 Å². The molecule has 0 aromatic rings. The smallest absolute Gasteiger partial charge is 0.462 e. The molecule has 0 heterocycles. The van der Waals surface area contributed by atoms with Gasteiger partial charge >= 0.3 is 19.8 Å². The Morgan fingerprint density at radius 3 is 1.40 bits per heavy atom. The molecule has 0 radical (unpaired) electrons. The number of hydrogen-bond acceptors (Lipinski definition) is 8. The fraction of sp³-hybridized carbons (Fsp3) is 0.851. The number of amides is 1. The number of nitrogens with one attached hydrogen (secondary N) is 1. The van der Waals surface area contributed by atoms with Crippen LogP contribution in [0.3, 0.4) is 0 Å². The van der Waals surface area contributed by atoms with E-state index in [1.165, 1.54) is 89.9 Å². The number of rotatable bonds is 44. The molecule has 0 aromatic carbocycles. The number of allylic oxidation sites excluding steroid dienone is 4. The number of carbonyl (C=O) groups is 3. The lowest BCUT2D eigenvalue weighted by Crippen LogP contribution is -2.30. The van der Waals surface area contributed by atoms with Crippen LogP contribution in [0, 0.1) is 0 Å². The highest BCUT2D eigenvalue weighted by Gasteiger charge is 2.26. The summed E-state index contributed by atoms with van der Waals surface area (Å²) < 4.78 is 33.6. The van der Waals surface area contributed by atoms with E-state index < -0.39 is 32.5 Å². The van der Waals surface area contributed by atoms with Gasteiger partial charge in [-0.1, -0.05) is 161 Å². The Kier molecular flexibility index (Phi) is 41.6. The standard InChI is InChI=1S/C47H88NO9P/c1-4-7-10-12-14-16-18-20-22-24-26-28-30-32-35-38-46(50)54-42-44(43-56-58(52,53)55-41-40-48-45(49)37-34-9-6-3)57-47(51)39-36-33-31-29-27-25-23-21-19-17-15-13-11-8-5-2/h20-23,44H,4-19,24-43H2,1-3H3,(H,48,49)(H,52,53)/b22-20-,23-21-. The van der Waals surface area contributed by atoms with Crippen LogP contribution in [-0.2, 0) is 37.5 Å². The molecule has 58 heavy (non-hydrogen) atoms. The van der Waals surface area contributed by atoms with E-state index in [0.717, 1.165) is 83.5 Å². The Hall–Kier alpha value is -2.00. The van der Waals surface area contributed by atoms with Gasteiger partial charge in [0.2, 0.25) is 5.91 Å². The van der Waals surface area contributed by atoms with Gasteiger partial charge in [-0.25, -0.2) is 4.57 Å². The first-order valence-corrected chi connectivity index (χ1v) is 25.3. The van der Waals surface area contributed by atoms with E-state index >= 15 is 0 Å². The molecule has 0 saturated carbocycles. The number of phosphoric ester groups is 1. The predicted molar refractivity (Wildman–Crippen MR) is 239 cm³/mol. The van der Waals surface area contributed by atoms with Gasteiger partial charge in [0.05, 0.1) is 13.2 Å². The van der Waals surface area contributed by atoms with E-state index in [2.05, 4.69) is 50.4 Å². The van der Waals surface area contributed by atoms with Crippen LogP contribution in [0.1, 0.15) is 226 Å². The molecule has 0 aromatic heterocycles. The van der Waals surface area contributed by atoms with Crippen LogP contribution in [0.15, 0.2) is 24.3 Å². The van der Waals surface area contributed by atoms with Crippen molar-refractivity contribution in [3.63, 3.8) is 0 Å². The summed E-state index contributed by atoms with van der Waals surface area (Å²) in [7, 11) is -4.52. The Bertz CT molecular complexity index is 1070. The third-order valence-corrected chi connectivity index (χ3v) is 11.1. The molecule has 0 aliphatic heterocycles. The fourth-order valence-corrected chi connectivity index (χ4v) is 7.24. The molecule has 0 rings (SSSR count). The third-order valence-electron chi connectivity index (χ3n) is 10.1. The lowest BCUT2D eigenvalue weighted by Gasteiger charge is -2.20. The van der Waals surface area contributed by atoms with Gasteiger partial charge in [0.15, 0.2) is 6.10 Å². The highest BCUT2D eigenvalue weighted by Crippen LogP contribution is 2.43. The van der Waals surface area contributed by atoms with Crippen molar-refractivity contribution >= 4 is 25.7 Å². The van der Waals surface area contributed by atoms with Crippen LogP contribution >= 0.6 is 7.82 Å². The van der Waals surface area contributed by atoms with Crippen molar-refractivity contribution in [2.45, 2.75) is 232 Å². The number of carbonyl (C=O) groups excluding carboxylic acids is 3. The van der Waals surface area contributed by atoms with Crippen LogP contribution < -0.4 is 5.32 Å². The van der Waals surface area contributed by atoms with Crippen LogP contribution in [0.25, 0.3) is 0 Å². The lowest BCUT2D eigenvalue weighted by atomic mass is 10.1. The Labute approximate surface area is 355 Å². The number of esters is 2. The first kappa shape index (κ1) is 56.0. The molecule has 0 saturated heterocycles. The van der Waals surface area contributed by atoms with Crippen LogP contribution in [0.2, 0.25) is 0 Å². The van der Waals surface area contributed by atoms with Gasteiger partial charge < -0.3 is 19.7 Å². The molecule has 0 aliphatic rings. The minimum absolute atomic E-state index is 0.0568. The van der Waals surface area contributed by atoms with Gasteiger partial charge in [-0.15, -0.1) is 0 Å². The molecule has 0 fully saturated rings. The largest absolute Gasteiger partial charge is 0.472 e. The zero-order valence-electron chi connectivity index (χ0n) is 37.5. The molecule has 1 amide bonds. The van der Waals surface area contributed by atoms with Crippen molar-refractivity contribution in [1.82, 2.24) is 5.32 Å². The maximum atomic E-state index is 12.7. The average Bonchev–Trinajstić information content (AvgIpc) is 3.20. The number of hydrogen-bond donors (Lipinski definition) is 2. The SMILES string of the molecule is CCCCCCCC/C=C\CCCCCCCC(=O)OCC(COP(=O)(O)OCCNC(=O)CCCCC)OC(=O)CCCCCCC/C=C\CCCCCCCC. The predicted octanol–water partition coefficient (Wildman–Crippen LogP) is 13.3. The molecule has 10 nitrogen and oxygen atoms in total. The minimum atomic E-state index is -4.52. The van der Waals surface area contributed by atoms with Gasteiger partial charge in [0.1, 0.15) is 6.61 Å². The summed E-state index contributed by atoms with van der Waals surface area (Å²) in [6.07, 6.45) is 41.9. The van der Waals surface area contributed by atoms with Gasteiger partial charge in [-0.05, 0) is 70.6 Å². The van der Waals surface area contributed by atoms with Crippen LogP contribution in [0.5, 0.6) is 0 Å². The first-order chi connectivity index (χ1) is 28.2. The normalized spacial score (nSPS) is 13.2. The summed E-state index contributed by atoms with van der Waals surface area (Å²) in [6, 6.07) is 0. The van der Waals surface area contributed by atoms with E-state index in [0.29, 0.717) is 19.3 Å². The maximum Gasteiger partial charge on any atom is 0.472 e. The van der Waals surface area contributed by atoms with E-state index in [1.54, 1.807) is 0 Å². The van der Waals surface area contributed by atoms with Crippen molar-refractivity contribution < 1.29 is 42.4 Å². The molecular weight excluding hydrogens is 753 g/mol. The molecule has 11 heteroatoms. The molecule has 2 atom stereocenters. The Morgan fingerprint density at radius 2 is 0.914 bits per heavy atom. The third kappa shape index (κ3) is 42.1. The summed E-state index contributed by atoms with van der Waals surface area (Å²) in [6.45, 7) is 5.62. The first-order valence-electron chi connectivity index (χ1n) is 23.8. The summed E-state index contributed by atoms with van der Waals surface area (Å²) in [5.74, 6) is -1.03. The monoisotopic (exact) mass is 842 g/mol. The quantitative estimate of drug-likeness (QED) is 0.0266. The summed E-state index contributed by atoms with van der Waals surface area (Å²) >= 11 is 0. The van der Waals surface area contributed by atoms with Crippen LogP contribution in [-0.4, -0.2) is 55.2 Å². The fourth-order valence-electron chi connectivity index (χ4n) is 6.49. The van der Waals surface area contributed by atoms with Gasteiger partial charge in [-0.2, -0.15) is 0 Å².